The van der Waals surface area contributed by atoms with Crippen LogP contribution in [0.15, 0.2) is 0 Å². The number of piperidine rings is 3. The van der Waals surface area contributed by atoms with E-state index in [9.17, 15) is 0 Å². The van der Waals surface area contributed by atoms with E-state index in [0.29, 0.717) is 9.46 Å². The Kier molecular flexibility index (Phi) is 3.63. The van der Waals surface area contributed by atoms with Gasteiger partial charge in [0.05, 0.1) is 30.2 Å². The van der Waals surface area contributed by atoms with Crippen molar-refractivity contribution in [1.82, 2.24) is 5.32 Å². The smallest absolute Gasteiger partial charge is 0.0792 e. The molecule has 2 nitrogen and oxygen atoms in total. The maximum Gasteiger partial charge on any atom is 0.0792 e. The summed E-state index contributed by atoms with van der Waals surface area (Å²) in [5, 5.41) is 3.64. The second-order valence-corrected chi connectivity index (χ2v) is 7.44. The molecule has 3 heterocycles. The van der Waals surface area contributed by atoms with E-state index in [1.165, 1.54) is 56.5 Å². The lowest BCUT2D eigenvalue weighted by Crippen LogP contribution is -2.63. The van der Waals surface area contributed by atoms with Crippen LogP contribution in [-0.2, 0) is 0 Å². The molecule has 3 fully saturated rings. The third-order valence-corrected chi connectivity index (χ3v) is 5.22. The number of rotatable bonds is 4. The van der Waals surface area contributed by atoms with Gasteiger partial charge in [0, 0.05) is 25.8 Å². The molecule has 1 unspecified atom stereocenters. The van der Waals surface area contributed by atoms with E-state index in [2.05, 4.69) is 41.8 Å². The Hall–Kier alpha value is 0.650. The second-order valence-electron chi connectivity index (χ2n) is 5.58. The van der Waals surface area contributed by atoms with Crippen LogP contribution >= 0.6 is 22.6 Å². The summed E-state index contributed by atoms with van der Waals surface area (Å²) in [5.74, 6) is 0. The highest BCUT2D eigenvalue weighted by Gasteiger charge is 2.47. The molecular formula is C12H24IN2+. The summed E-state index contributed by atoms with van der Waals surface area (Å²) in [7, 11) is 0. The van der Waals surface area contributed by atoms with Crippen molar-refractivity contribution >= 4 is 22.6 Å². The molecule has 15 heavy (non-hydrogen) atoms. The summed E-state index contributed by atoms with van der Waals surface area (Å²) < 4.78 is 2.04. The lowest BCUT2D eigenvalue weighted by Gasteiger charge is -2.54. The van der Waals surface area contributed by atoms with E-state index in [0.717, 1.165) is 0 Å². The average Bonchev–Trinajstić information content (AvgIpc) is 2.29. The highest BCUT2D eigenvalue weighted by molar-refractivity contribution is 14.1. The summed E-state index contributed by atoms with van der Waals surface area (Å²) >= 11 is 2.47. The maximum atomic E-state index is 3.64. The molecule has 3 rings (SSSR count). The molecule has 3 saturated heterocycles. The molecule has 2 bridgehead atoms. The number of alkyl halides is 1. The molecular weight excluding hydrogens is 299 g/mol. The molecule has 1 atom stereocenters. The van der Waals surface area contributed by atoms with Gasteiger partial charge in [0.25, 0.3) is 0 Å². The molecule has 1 N–H and O–H groups in total. The molecule has 0 spiro atoms. The van der Waals surface area contributed by atoms with Crippen molar-refractivity contribution in [2.75, 3.05) is 32.7 Å². The predicted octanol–water partition coefficient (Wildman–Crippen LogP) is 2.38. The fraction of sp³-hybridized carbons (Fsp3) is 1.00. The first-order valence-electron chi connectivity index (χ1n) is 6.32. The first kappa shape index (κ1) is 12.1. The molecule has 0 aromatic rings. The largest absolute Gasteiger partial charge is 0.324 e. The quantitative estimate of drug-likeness (QED) is 0.363. The van der Waals surface area contributed by atoms with Gasteiger partial charge in [-0.1, -0.05) is 22.6 Å². The summed E-state index contributed by atoms with van der Waals surface area (Å²) in [4.78, 5) is 0. The van der Waals surface area contributed by atoms with Crippen LogP contribution in [-0.4, -0.2) is 41.3 Å². The van der Waals surface area contributed by atoms with Gasteiger partial charge in [0.15, 0.2) is 0 Å². The van der Waals surface area contributed by atoms with E-state index in [1.54, 1.807) is 0 Å². The molecule has 0 aromatic heterocycles. The molecule has 3 aliphatic heterocycles. The molecule has 0 amide bonds. The van der Waals surface area contributed by atoms with Crippen LogP contribution < -0.4 is 5.32 Å². The minimum absolute atomic E-state index is 0.617. The lowest BCUT2D eigenvalue weighted by atomic mass is 9.70. The number of hydrogen-bond acceptors (Lipinski definition) is 1. The van der Waals surface area contributed by atoms with Crippen molar-refractivity contribution in [3.05, 3.63) is 0 Å². The second kappa shape index (κ2) is 4.49. The van der Waals surface area contributed by atoms with Gasteiger partial charge in [0.2, 0.25) is 0 Å². The molecule has 0 aromatic carbocycles. The molecule has 3 heteroatoms. The maximum absolute atomic E-state index is 3.64. The first-order valence-corrected chi connectivity index (χ1v) is 7.57. The van der Waals surface area contributed by atoms with Gasteiger partial charge in [-0.15, -0.1) is 0 Å². The molecule has 0 saturated carbocycles. The zero-order valence-electron chi connectivity index (χ0n) is 10.1. The summed E-state index contributed by atoms with van der Waals surface area (Å²) in [5.41, 5.74) is 0.661. The Morgan fingerprint density at radius 2 is 1.80 bits per heavy atom. The SMILES string of the molecule is CC[N+]12CCC(CNC(C)I)(CC1)CC2. The Morgan fingerprint density at radius 1 is 1.27 bits per heavy atom. The highest BCUT2D eigenvalue weighted by Crippen LogP contribution is 2.43. The van der Waals surface area contributed by atoms with Crippen molar-refractivity contribution in [3.8, 4) is 0 Å². The fourth-order valence-corrected chi connectivity index (χ4v) is 3.45. The van der Waals surface area contributed by atoms with Gasteiger partial charge < -0.3 is 9.80 Å². The molecule has 3 aliphatic rings. The summed E-state index contributed by atoms with van der Waals surface area (Å²) in [6, 6.07) is 0. The normalized spacial score (nSPS) is 41.8. The van der Waals surface area contributed by atoms with Crippen molar-refractivity contribution in [1.29, 1.82) is 0 Å². The van der Waals surface area contributed by atoms with Gasteiger partial charge in [-0.05, 0) is 19.3 Å². The third-order valence-electron chi connectivity index (χ3n) is 4.78. The van der Waals surface area contributed by atoms with E-state index >= 15 is 0 Å². The number of fused-ring (bicyclic) bond motifs is 3. The first-order chi connectivity index (χ1) is 7.10. The lowest BCUT2D eigenvalue weighted by molar-refractivity contribution is -0.943. The number of halogens is 1. The van der Waals surface area contributed by atoms with Crippen molar-refractivity contribution < 1.29 is 4.48 Å². The van der Waals surface area contributed by atoms with Crippen LogP contribution in [0.5, 0.6) is 0 Å². The number of nitrogens with zero attached hydrogens (tertiary/aromatic N) is 1. The number of quaternary nitrogens is 1. The third kappa shape index (κ3) is 2.50. The van der Waals surface area contributed by atoms with Crippen LogP contribution in [0.25, 0.3) is 0 Å². The van der Waals surface area contributed by atoms with Crippen LogP contribution in [0.3, 0.4) is 0 Å². The van der Waals surface area contributed by atoms with E-state index in [4.69, 9.17) is 0 Å². The Morgan fingerprint density at radius 3 is 2.20 bits per heavy atom. The van der Waals surface area contributed by atoms with E-state index < -0.39 is 0 Å². The standard InChI is InChI=1S/C12H24IN2/c1-3-15-7-4-12(5-8-15,6-9-15)10-14-11(2)13/h11,14H,3-10H2,1-2H3/q+1. The van der Waals surface area contributed by atoms with Crippen LogP contribution in [0.2, 0.25) is 0 Å². The molecule has 0 radical (unpaired) electrons. The Bertz CT molecular complexity index is 203. The average molecular weight is 323 g/mol. The summed E-state index contributed by atoms with van der Waals surface area (Å²) in [6.07, 6.45) is 4.37. The number of nitrogens with one attached hydrogen (secondary N) is 1. The van der Waals surface area contributed by atoms with Crippen molar-refractivity contribution in [2.24, 2.45) is 5.41 Å². The predicted molar refractivity (Wildman–Crippen MR) is 73.2 cm³/mol. The Labute approximate surface area is 108 Å². The van der Waals surface area contributed by atoms with E-state index in [-0.39, 0.29) is 0 Å². The number of hydrogen-bond donors (Lipinski definition) is 1. The van der Waals surface area contributed by atoms with Crippen LogP contribution in [0.4, 0.5) is 0 Å². The van der Waals surface area contributed by atoms with Gasteiger partial charge in [0.1, 0.15) is 0 Å². The Balaban J connectivity index is 1.92. The fourth-order valence-electron chi connectivity index (χ4n) is 3.23. The van der Waals surface area contributed by atoms with Gasteiger partial charge in [-0.25, -0.2) is 0 Å². The van der Waals surface area contributed by atoms with Crippen LogP contribution in [0.1, 0.15) is 33.1 Å². The summed E-state index contributed by atoms with van der Waals surface area (Å²) in [6.45, 7) is 11.5. The van der Waals surface area contributed by atoms with Gasteiger partial charge in [-0.3, -0.25) is 0 Å². The van der Waals surface area contributed by atoms with Gasteiger partial charge in [-0.2, -0.15) is 0 Å². The highest BCUT2D eigenvalue weighted by atomic mass is 127. The van der Waals surface area contributed by atoms with Crippen molar-refractivity contribution in [3.63, 3.8) is 0 Å². The molecule has 0 aliphatic carbocycles. The van der Waals surface area contributed by atoms with E-state index in [1.807, 2.05) is 0 Å². The van der Waals surface area contributed by atoms with Gasteiger partial charge >= 0.3 is 0 Å². The zero-order chi connectivity index (χ0) is 10.9. The minimum Gasteiger partial charge on any atom is -0.324 e. The topological polar surface area (TPSA) is 12.0 Å². The molecule has 88 valence electrons. The monoisotopic (exact) mass is 323 g/mol. The van der Waals surface area contributed by atoms with Crippen molar-refractivity contribution in [2.45, 2.75) is 37.2 Å². The minimum atomic E-state index is 0.617. The van der Waals surface area contributed by atoms with Crippen LogP contribution in [0, 0.1) is 5.41 Å². The zero-order valence-corrected chi connectivity index (χ0v) is 12.2.